The number of hydrazone groups is 1. The number of hydrogen-bond donors (Lipinski definition) is 1. The number of nitrogens with one attached hydrogen (secondary N) is 1. The maximum atomic E-state index is 12.3. The molecule has 150 valence electrons. The molecule has 2 rings (SSSR count). The number of carbonyl (C=O) groups excluding carboxylic acids is 1. The fraction of sp³-hybridized carbons (Fsp3) is 0.222. The van der Waals surface area contributed by atoms with Crippen molar-refractivity contribution >= 4 is 43.8 Å². The maximum absolute atomic E-state index is 12.3. The number of benzene rings is 2. The number of ether oxygens (including phenoxy) is 2. The van der Waals surface area contributed by atoms with E-state index in [2.05, 4.69) is 26.5 Å². The molecule has 0 unspecified atom stereocenters. The van der Waals surface area contributed by atoms with E-state index < -0.39 is 22.5 Å². The van der Waals surface area contributed by atoms with Gasteiger partial charge in [-0.3, -0.25) is 9.10 Å². The van der Waals surface area contributed by atoms with Crippen LogP contribution in [0.25, 0.3) is 0 Å². The number of anilines is 1. The lowest BCUT2D eigenvalue weighted by atomic mass is 10.2. The molecular weight excluding hydrogens is 450 g/mol. The number of para-hydroxylation sites is 2. The van der Waals surface area contributed by atoms with Gasteiger partial charge in [-0.1, -0.05) is 28.1 Å². The Kier molecular flexibility index (Phi) is 7.41. The molecule has 0 fully saturated rings. The van der Waals surface area contributed by atoms with Gasteiger partial charge >= 0.3 is 0 Å². The van der Waals surface area contributed by atoms with Crippen molar-refractivity contribution in [2.75, 3.05) is 31.3 Å². The number of methoxy groups -OCH3 is 2. The molecule has 0 radical (unpaired) electrons. The molecule has 0 spiro atoms. The lowest BCUT2D eigenvalue weighted by Gasteiger charge is -2.23. The molecule has 0 bridgehead atoms. The van der Waals surface area contributed by atoms with Gasteiger partial charge in [0.15, 0.2) is 0 Å². The Bertz CT molecular complexity index is 979. The summed E-state index contributed by atoms with van der Waals surface area (Å²) in [6.07, 6.45) is 2.43. The molecule has 1 amide bonds. The van der Waals surface area contributed by atoms with Gasteiger partial charge in [-0.15, -0.1) is 0 Å². The second kappa shape index (κ2) is 9.56. The van der Waals surface area contributed by atoms with Crippen LogP contribution < -0.4 is 19.2 Å². The van der Waals surface area contributed by atoms with E-state index in [4.69, 9.17) is 9.47 Å². The minimum Gasteiger partial charge on any atom is -0.496 e. The highest BCUT2D eigenvalue weighted by atomic mass is 79.9. The number of carbonyl (C=O) groups is 1. The van der Waals surface area contributed by atoms with Crippen molar-refractivity contribution in [1.29, 1.82) is 0 Å². The number of halogens is 1. The first-order valence-electron chi connectivity index (χ1n) is 8.02. The summed E-state index contributed by atoms with van der Waals surface area (Å²) in [5.74, 6) is 0.303. The van der Waals surface area contributed by atoms with Crippen molar-refractivity contribution in [3.63, 3.8) is 0 Å². The van der Waals surface area contributed by atoms with Gasteiger partial charge in [0, 0.05) is 10.0 Å². The minimum absolute atomic E-state index is 0.264. The van der Waals surface area contributed by atoms with Crippen LogP contribution in [0.3, 0.4) is 0 Å². The average molecular weight is 470 g/mol. The monoisotopic (exact) mass is 469 g/mol. The van der Waals surface area contributed by atoms with E-state index in [0.29, 0.717) is 17.1 Å². The van der Waals surface area contributed by atoms with Crippen molar-refractivity contribution in [1.82, 2.24) is 5.43 Å². The van der Waals surface area contributed by atoms with E-state index in [0.717, 1.165) is 15.0 Å². The summed E-state index contributed by atoms with van der Waals surface area (Å²) in [7, 11) is -0.775. The lowest BCUT2D eigenvalue weighted by molar-refractivity contribution is -0.119. The Hall–Kier alpha value is -2.59. The predicted molar refractivity (Wildman–Crippen MR) is 112 cm³/mol. The van der Waals surface area contributed by atoms with Crippen LogP contribution in [0.2, 0.25) is 0 Å². The Morgan fingerprint density at radius 2 is 1.86 bits per heavy atom. The van der Waals surface area contributed by atoms with Gasteiger partial charge in [-0.05, 0) is 30.3 Å². The third-order valence-corrected chi connectivity index (χ3v) is 5.25. The molecule has 2 aromatic carbocycles. The van der Waals surface area contributed by atoms with E-state index in [1.807, 2.05) is 6.07 Å². The Balaban J connectivity index is 2.16. The van der Waals surface area contributed by atoms with Crippen molar-refractivity contribution in [2.45, 2.75) is 0 Å². The Labute approximate surface area is 172 Å². The first-order valence-corrected chi connectivity index (χ1v) is 10.7. The predicted octanol–water partition coefficient (Wildman–Crippen LogP) is 2.38. The van der Waals surface area contributed by atoms with Gasteiger partial charge in [0.2, 0.25) is 10.0 Å². The third-order valence-electron chi connectivity index (χ3n) is 3.63. The fourth-order valence-electron chi connectivity index (χ4n) is 2.36. The van der Waals surface area contributed by atoms with Crippen molar-refractivity contribution in [2.24, 2.45) is 5.10 Å². The zero-order valence-corrected chi connectivity index (χ0v) is 18.0. The van der Waals surface area contributed by atoms with Gasteiger partial charge in [-0.25, -0.2) is 13.8 Å². The summed E-state index contributed by atoms with van der Waals surface area (Å²) in [6, 6.07) is 11.9. The molecule has 0 aliphatic carbocycles. The molecule has 0 aliphatic heterocycles. The van der Waals surface area contributed by atoms with Crippen molar-refractivity contribution in [3.05, 3.63) is 52.5 Å². The third kappa shape index (κ3) is 5.70. The summed E-state index contributed by atoms with van der Waals surface area (Å²) in [5.41, 5.74) is 3.23. The average Bonchev–Trinajstić information content (AvgIpc) is 2.65. The summed E-state index contributed by atoms with van der Waals surface area (Å²) in [6.45, 7) is -0.452. The molecule has 2 aromatic rings. The molecule has 28 heavy (non-hydrogen) atoms. The van der Waals surface area contributed by atoms with Gasteiger partial charge in [0.25, 0.3) is 5.91 Å². The maximum Gasteiger partial charge on any atom is 0.260 e. The van der Waals surface area contributed by atoms with Crippen molar-refractivity contribution in [3.8, 4) is 11.5 Å². The zero-order chi connectivity index (χ0) is 20.7. The zero-order valence-electron chi connectivity index (χ0n) is 15.5. The van der Waals surface area contributed by atoms with Crippen LogP contribution >= 0.6 is 15.9 Å². The summed E-state index contributed by atoms with van der Waals surface area (Å²) < 4.78 is 36.6. The number of amides is 1. The molecule has 0 aliphatic rings. The highest BCUT2D eigenvalue weighted by molar-refractivity contribution is 9.10. The highest BCUT2D eigenvalue weighted by Crippen LogP contribution is 2.29. The number of hydrogen-bond acceptors (Lipinski definition) is 6. The standard InChI is InChI=1S/C18H20BrN3O5S/c1-26-16-9-8-14(19)10-13(16)11-20-21-18(23)12-22(28(3,24)25)15-6-4-5-7-17(15)27-2/h4-11H,12H2,1-3H3,(H,21,23)/b20-11-. The molecule has 10 heteroatoms. The van der Waals surface area contributed by atoms with Crippen molar-refractivity contribution < 1.29 is 22.7 Å². The van der Waals surface area contributed by atoms with Crippen LogP contribution in [0.15, 0.2) is 52.0 Å². The number of nitrogens with zero attached hydrogens (tertiary/aromatic N) is 2. The van der Waals surface area contributed by atoms with Crippen LogP contribution in [0.1, 0.15) is 5.56 Å². The molecule has 0 atom stereocenters. The van der Waals surface area contributed by atoms with Crippen LogP contribution in [0.5, 0.6) is 11.5 Å². The molecular formula is C18H20BrN3O5S. The van der Waals surface area contributed by atoms with Gasteiger partial charge in [0.1, 0.15) is 18.0 Å². The second-order valence-corrected chi connectivity index (χ2v) is 8.44. The van der Waals surface area contributed by atoms with Crippen LogP contribution in [-0.4, -0.2) is 47.6 Å². The normalized spacial score (nSPS) is 11.3. The van der Waals surface area contributed by atoms with E-state index in [1.165, 1.54) is 20.4 Å². The summed E-state index contributed by atoms with van der Waals surface area (Å²) in [4.78, 5) is 12.3. The first-order chi connectivity index (χ1) is 13.3. The van der Waals surface area contributed by atoms with Crippen LogP contribution in [-0.2, 0) is 14.8 Å². The van der Waals surface area contributed by atoms with E-state index in [1.54, 1.807) is 36.4 Å². The highest BCUT2D eigenvalue weighted by Gasteiger charge is 2.23. The van der Waals surface area contributed by atoms with Gasteiger partial charge in [0.05, 0.1) is 32.4 Å². The summed E-state index contributed by atoms with van der Waals surface area (Å²) in [5, 5.41) is 3.88. The topological polar surface area (TPSA) is 97.3 Å². The van der Waals surface area contributed by atoms with E-state index >= 15 is 0 Å². The SMILES string of the molecule is COc1ccc(Br)cc1/C=N\NC(=O)CN(c1ccccc1OC)S(C)(=O)=O. The smallest absolute Gasteiger partial charge is 0.260 e. The number of rotatable bonds is 8. The minimum atomic E-state index is -3.72. The molecule has 0 aromatic heterocycles. The second-order valence-electron chi connectivity index (χ2n) is 5.62. The quantitative estimate of drug-likeness (QED) is 0.472. The van der Waals surface area contributed by atoms with Crippen LogP contribution in [0.4, 0.5) is 5.69 Å². The van der Waals surface area contributed by atoms with Crippen LogP contribution in [0, 0.1) is 0 Å². The Morgan fingerprint density at radius 1 is 1.18 bits per heavy atom. The molecule has 1 N–H and O–H groups in total. The van der Waals surface area contributed by atoms with Gasteiger partial charge < -0.3 is 9.47 Å². The molecule has 0 heterocycles. The molecule has 8 nitrogen and oxygen atoms in total. The summed E-state index contributed by atoms with van der Waals surface area (Å²) >= 11 is 3.35. The Morgan fingerprint density at radius 3 is 2.50 bits per heavy atom. The van der Waals surface area contributed by atoms with E-state index in [9.17, 15) is 13.2 Å². The molecule has 0 saturated heterocycles. The fourth-order valence-corrected chi connectivity index (χ4v) is 3.60. The first kappa shape index (κ1) is 21.7. The number of sulfonamides is 1. The van der Waals surface area contributed by atoms with Gasteiger partial charge in [-0.2, -0.15) is 5.10 Å². The lowest BCUT2D eigenvalue weighted by Crippen LogP contribution is -2.39. The molecule has 0 saturated carbocycles. The largest absolute Gasteiger partial charge is 0.496 e. The van der Waals surface area contributed by atoms with E-state index in [-0.39, 0.29) is 5.69 Å².